The monoisotopic (exact) mass is 443 g/mol. The number of amides is 1. The van der Waals surface area contributed by atoms with Gasteiger partial charge >= 0.3 is 13.8 Å². The molecule has 164 valence electrons. The number of halogens is 3. The van der Waals surface area contributed by atoms with E-state index in [1.54, 1.807) is 30.3 Å². The molecule has 0 aliphatic heterocycles. The van der Waals surface area contributed by atoms with Crippen LogP contribution in [0.4, 0.5) is 13.2 Å². The number of nitrogens with one attached hydrogen (secondary N) is 1. The molecule has 1 N–H and O–H groups in total. The molecule has 0 aromatic heterocycles. The maximum Gasteiger partial charge on any atom is 0.417 e. The van der Waals surface area contributed by atoms with Gasteiger partial charge < -0.3 is 14.4 Å². The maximum absolute atomic E-state index is 13.6. The quantitative estimate of drug-likeness (QED) is 0.446. The standard InChI is InChI=1S/C21H25F3NO4P/c1-3-14-28-30(27,29-15-4-2)20(16-10-6-5-7-11-16)25-19(26)17-12-8-9-13-18(17)21(22,23)24/h5-13,20H,3-4,14-15H2,1-2H3,(H,25,26). The summed E-state index contributed by atoms with van der Waals surface area (Å²) in [4.78, 5) is 12.8. The van der Waals surface area contributed by atoms with Crippen molar-refractivity contribution in [1.82, 2.24) is 5.32 Å². The maximum atomic E-state index is 13.6. The normalized spacial score (nSPS) is 13.1. The zero-order chi connectivity index (χ0) is 22.2. The van der Waals surface area contributed by atoms with Crippen LogP contribution < -0.4 is 5.32 Å². The van der Waals surface area contributed by atoms with Crippen molar-refractivity contribution < 1.29 is 31.6 Å². The molecule has 0 aliphatic rings. The Balaban J connectivity index is 2.46. The molecule has 5 nitrogen and oxygen atoms in total. The van der Waals surface area contributed by atoms with Crippen molar-refractivity contribution in [3.8, 4) is 0 Å². The first-order valence-corrected chi connectivity index (χ1v) is 11.2. The molecule has 0 spiro atoms. The highest BCUT2D eigenvalue weighted by Gasteiger charge is 2.40. The lowest BCUT2D eigenvalue weighted by atomic mass is 10.1. The SMILES string of the molecule is CCCOP(=O)(OCCC)C(NC(=O)c1ccccc1C(F)(F)F)c1ccccc1. The fourth-order valence-corrected chi connectivity index (χ4v) is 4.79. The van der Waals surface area contributed by atoms with Crippen LogP contribution in [0.25, 0.3) is 0 Å². The summed E-state index contributed by atoms with van der Waals surface area (Å²) in [6, 6.07) is 12.7. The molecule has 2 aromatic carbocycles. The van der Waals surface area contributed by atoms with Crippen molar-refractivity contribution in [2.75, 3.05) is 13.2 Å². The Kier molecular flexibility index (Phi) is 8.65. The number of rotatable bonds is 10. The molecular weight excluding hydrogens is 418 g/mol. The lowest BCUT2D eigenvalue weighted by molar-refractivity contribution is -0.137. The van der Waals surface area contributed by atoms with Crippen LogP contribution in [0.2, 0.25) is 0 Å². The Labute approximate surface area is 174 Å². The Morgan fingerprint density at radius 2 is 1.50 bits per heavy atom. The van der Waals surface area contributed by atoms with E-state index >= 15 is 0 Å². The Hall–Kier alpha value is -2.15. The van der Waals surface area contributed by atoms with Crippen molar-refractivity contribution in [3.05, 3.63) is 71.3 Å². The average molecular weight is 443 g/mol. The van der Waals surface area contributed by atoms with Crippen molar-refractivity contribution in [2.24, 2.45) is 0 Å². The molecule has 0 saturated heterocycles. The minimum Gasteiger partial charge on any atom is -0.334 e. The molecule has 1 unspecified atom stereocenters. The molecule has 1 amide bonds. The molecule has 0 bridgehead atoms. The number of hydrogen-bond acceptors (Lipinski definition) is 4. The predicted molar refractivity (Wildman–Crippen MR) is 108 cm³/mol. The highest BCUT2D eigenvalue weighted by atomic mass is 31.2. The lowest BCUT2D eigenvalue weighted by Gasteiger charge is -2.28. The first-order chi connectivity index (χ1) is 14.2. The van der Waals surface area contributed by atoms with Gasteiger partial charge in [0.2, 0.25) is 0 Å². The fourth-order valence-electron chi connectivity index (χ4n) is 2.73. The molecule has 0 saturated carbocycles. The minimum atomic E-state index is -4.71. The van der Waals surface area contributed by atoms with Gasteiger partial charge in [-0.3, -0.25) is 9.36 Å². The van der Waals surface area contributed by atoms with Crippen LogP contribution in [0.1, 0.15) is 54.0 Å². The van der Waals surface area contributed by atoms with Gasteiger partial charge in [0.25, 0.3) is 5.91 Å². The second kappa shape index (κ2) is 10.8. The van der Waals surface area contributed by atoms with Gasteiger partial charge in [-0.05, 0) is 30.5 Å². The van der Waals surface area contributed by atoms with Crippen LogP contribution >= 0.6 is 7.60 Å². The van der Waals surface area contributed by atoms with E-state index in [-0.39, 0.29) is 13.2 Å². The molecule has 30 heavy (non-hydrogen) atoms. The fraction of sp³-hybridized carbons (Fsp3) is 0.381. The largest absolute Gasteiger partial charge is 0.417 e. The van der Waals surface area contributed by atoms with Crippen LogP contribution in [-0.2, 0) is 19.8 Å². The van der Waals surface area contributed by atoms with Gasteiger partial charge in [0, 0.05) is 0 Å². The van der Waals surface area contributed by atoms with Crippen molar-refractivity contribution in [2.45, 2.75) is 38.6 Å². The summed E-state index contributed by atoms with van der Waals surface area (Å²) in [5.41, 5.74) is -1.23. The Morgan fingerprint density at radius 3 is 2.03 bits per heavy atom. The van der Waals surface area contributed by atoms with Gasteiger partial charge in [0.05, 0.1) is 24.3 Å². The number of carbonyl (C=O) groups is 1. The topological polar surface area (TPSA) is 64.6 Å². The van der Waals surface area contributed by atoms with Crippen molar-refractivity contribution in [3.63, 3.8) is 0 Å². The van der Waals surface area contributed by atoms with Crippen molar-refractivity contribution in [1.29, 1.82) is 0 Å². The van der Waals surface area contributed by atoms with Crippen molar-refractivity contribution >= 4 is 13.5 Å². The minimum absolute atomic E-state index is 0.110. The second-order valence-electron chi connectivity index (χ2n) is 6.54. The van der Waals surface area contributed by atoms with Gasteiger partial charge in [0.1, 0.15) is 0 Å². The lowest BCUT2D eigenvalue weighted by Crippen LogP contribution is -2.31. The molecule has 9 heteroatoms. The van der Waals surface area contributed by atoms with Gasteiger partial charge in [-0.15, -0.1) is 0 Å². The van der Waals surface area contributed by atoms with E-state index in [1.807, 2.05) is 13.8 Å². The van der Waals surface area contributed by atoms with E-state index in [0.29, 0.717) is 18.4 Å². The second-order valence-corrected chi connectivity index (χ2v) is 8.65. The third kappa shape index (κ3) is 6.17. The summed E-state index contributed by atoms with van der Waals surface area (Å²) in [6.45, 7) is 3.86. The third-order valence-corrected chi connectivity index (χ3v) is 6.27. The summed E-state index contributed by atoms with van der Waals surface area (Å²) < 4.78 is 64.7. The number of carbonyl (C=O) groups excluding carboxylic acids is 1. The van der Waals surface area contributed by atoms with Gasteiger partial charge in [-0.2, -0.15) is 13.2 Å². The third-order valence-electron chi connectivity index (χ3n) is 4.13. The van der Waals surface area contributed by atoms with Crippen LogP contribution in [0.5, 0.6) is 0 Å². The smallest absolute Gasteiger partial charge is 0.334 e. The first-order valence-electron chi connectivity index (χ1n) is 9.63. The average Bonchev–Trinajstić information content (AvgIpc) is 2.74. The molecule has 0 heterocycles. The summed E-state index contributed by atoms with van der Waals surface area (Å²) in [5, 5.41) is 2.47. The Morgan fingerprint density at radius 1 is 0.967 bits per heavy atom. The van der Waals surface area contributed by atoms with Crippen LogP contribution in [0.3, 0.4) is 0 Å². The summed E-state index contributed by atoms with van der Waals surface area (Å²) >= 11 is 0. The van der Waals surface area contributed by atoms with Gasteiger partial charge in [0.15, 0.2) is 5.78 Å². The summed E-state index contributed by atoms with van der Waals surface area (Å²) in [7, 11) is -3.93. The first kappa shape index (κ1) is 24.1. The zero-order valence-corrected chi connectivity index (χ0v) is 17.7. The van der Waals surface area contributed by atoms with Crippen LogP contribution in [0.15, 0.2) is 54.6 Å². The predicted octanol–water partition coefficient (Wildman–Crippen LogP) is 6.18. The Bertz CT molecular complexity index is 862. The molecule has 0 fully saturated rings. The van der Waals surface area contributed by atoms with E-state index < -0.39 is 36.6 Å². The van der Waals surface area contributed by atoms with Crippen LogP contribution in [0, 0.1) is 0 Å². The van der Waals surface area contributed by atoms with E-state index in [9.17, 15) is 22.5 Å². The van der Waals surface area contributed by atoms with Gasteiger partial charge in [-0.1, -0.05) is 56.3 Å². The van der Waals surface area contributed by atoms with E-state index in [4.69, 9.17) is 9.05 Å². The van der Waals surface area contributed by atoms with E-state index in [2.05, 4.69) is 5.32 Å². The highest BCUT2D eigenvalue weighted by Crippen LogP contribution is 2.60. The molecule has 0 aliphatic carbocycles. The number of benzene rings is 2. The molecular formula is C21H25F3NO4P. The molecule has 2 aromatic rings. The molecule has 1 atom stereocenters. The van der Waals surface area contributed by atoms with Gasteiger partial charge in [-0.25, -0.2) is 0 Å². The molecule has 0 radical (unpaired) electrons. The highest BCUT2D eigenvalue weighted by molar-refractivity contribution is 7.54. The van der Waals surface area contributed by atoms with Crippen LogP contribution in [-0.4, -0.2) is 19.1 Å². The zero-order valence-electron chi connectivity index (χ0n) is 16.8. The number of hydrogen-bond donors (Lipinski definition) is 1. The van der Waals surface area contributed by atoms with E-state index in [0.717, 1.165) is 12.1 Å². The van der Waals surface area contributed by atoms with E-state index in [1.165, 1.54) is 12.1 Å². The summed E-state index contributed by atoms with van der Waals surface area (Å²) in [6.07, 6.45) is -3.62. The molecule has 2 rings (SSSR count). The summed E-state index contributed by atoms with van der Waals surface area (Å²) in [5.74, 6) is -2.28. The number of alkyl halides is 3.